The van der Waals surface area contributed by atoms with Gasteiger partial charge in [-0.1, -0.05) is 33.1 Å². The first-order chi connectivity index (χ1) is 13.0. The molecule has 1 aliphatic rings. The molecule has 2 aromatic rings. The average molecular weight is 371 g/mol. The van der Waals surface area contributed by atoms with Crippen LogP contribution in [0.4, 0.5) is 0 Å². The number of nitrogens with one attached hydrogen (secondary N) is 1. The van der Waals surface area contributed by atoms with Gasteiger partial charge in [-0.15, -0.1) is 0 Å². The summed E-state index contributed by atoms with van der Waals surface area (Å²) in [5.74, 6) is -0.122. The van der Waals surface area contributed by atoms with E-state index in [-0.39, 0.29) is 11.8 Å². The number of pyridine rings is 1. The minimum Gasteiger partial charge on any atom is -0.467 e. The van der Waals surface area contributed by atoms with E-state index in [1.54, 1.807) is 6.20 Å². The highest BCUT2D eigenvalue weighted by atomic mass is 16.5. The van der Waals surface area contributed by atoms with Crippen molar-refractivity contribution < 1.29 is 14.3 Å². The summed E-state index contributed by atoms with van der Waals surface area (Å²) in [4.78, 5) is 29.4. The van der Waals surface area contributed by atoms with Crippen molar-refractivity contribution in [3.05, 3.63) is 30.1 Å². The summed E-state index contributed by atoms with van der Waals surface area (Å²) in [6.07, 6.45) is 9.97. The summed E-state index contributed by atoms with van der Waals surface area (Å²) >= 11 is 0. The summed E-state index contributed by atoms with van der Waals surface area (Å²) in [5, 5.41) is 3.66. The standard InChI is InChI=1S/C21H29N3O3/c1-14(2)18(21(26)27-3)23-20(25)17-13-24(12-15-8-5-4-6-9-15)19-16(17)10-7-11-22-19/h7,10-11,13-15,18H,4-6,8-9,12H2,1-3H3,(H,23,25)/t18-/m0/s1. The molecule has 0 bridgehead atoms. The number of amides is 1. The van der Waals surface area contributed by atoms with Crippen LogP contribution in [0.25, 0.3) is 11.0 Å². The lowest BCUT2D eigenvalue weighted by molar-refractivity contribution is -0.144. The van der Waals surface area contributed by atoms with Crippen LogP contribution in [0.3, 0.4) is 0 Å². The van der Waals surface area contributed by atoms with Crippen molar-refractivity contribution in [2.24, 2.45) is 11.8 Å². The number of carbonyl (C=O) groups is 2. The second-order valence-corrected chi connectivity index (χ2v) is 7.79. The minimum atomic E-state index is -0.670. The maximum Gasteiger partial charge on any atom is 0.328 e. The quantitative estimate of drug-likeness (QED) is 0.788. The maximum absolute atomic E-state index is 12.9. The summed E-state index contributed by atoms with van der Waals surface area (Å²) in [6.45, 7) is 4.65. The highest BCUT2D eigenvalue weighted by molar-refractivity contribution is 6.07. The van der Waals surface area contributed by atoms with Gasteiger partial charge in [-0.05, 0) is 36.8 Å². The molecule has 1 fully saturated rings. The summed E-state index contributed by atoms with van der Waals surface area (Å²) in [7, 11) is 1.34. The molecule has 0 unspecified atom stereocenters. The first-order valence-electron chi connectivity index (χ1n) is 9.83. The molecular formula is C21H29N3O3. The van der Waals surface area contributed by atoms with Crippen molar-refractivity contribution in [1.82, 2.24) is 14.9 Å². The molecule has 0 saturated heterocycles. The number of hydrogen-bond donors (Lipinski definition) is 1. The van der Waals surface area contributed by atoms with Crippen molar-refractivity contribution in [3.8, 4) is 0 Å². The molecule has 1 atom stereocenters. The molecule has 146 valence electrons. The molecule has 2 aromatic heterocycles. The Morgan fingerprint density at radius 1 is 1.30 bits per heavy atom. The van der Waals surface area contributed by atoms with Crippen LogP contribution in [0.2, 0.25) is 0 Å². The molecule has 3 rings (SSSR count). The van der Waals surface area contributed by atoms with E-state index in [2.05, 4.69) is 14.9 Å². The summed E-state index contributed by atoms with van der Waals surface area (Å²) in [5.41, 5.74) is 1.39. The second kappa shape index (κ2) is 8.55. The summed E-state index contributed by atoms with van der Waals surface area (Å²) < 4.78 is 6.93. The third-order valence-corrected chi connectivity index (χ3v) is 5.47. The number of fused-ring (bicyclic) bond motifs is 1. The van der Waals surface area contributed by atoms with Crippen LogP contribution in [0, 0.1) is 11.8 Å². The van der Waals surface area contributed by atoms with Gasteiger partial charge in [0.05, 0.1) is 12.7 Å². The molecule has 1 saturated carbocycles. The smallest absolute Gasteiger partial charge is 0.328 e. The van der Waals surface area contributed by atoms with Gasteiger partial charge in [-0.3, -0.25) is 4.79 Å². The zero-order valence-electron chi connectivity index (χ0n) is 16.4. The van der Waals surface area contributed by atoms with E-state index in [1.807, 2.05) is 32.2 Å². The van der Waals surface area contributed by atoms with Crippen molar-refractivity contribution in [3.63, 3.8) is 0 Å². The number of hydrogen-bond acceptors (Lipinski definition) is 4. The maximum atomic E-state index is 12.9. The molecule has 0 aliphatic heterocycles. The molecule has 0 spiro atoms. The van der Waals surface area contributed by atoms with Gasteiger partial charge >= 0.3 is 5.97 Å². The number of nitrogens with zero attached hydrogens (tertiary/aromatic N) is 2. The average Bonchev–Trinajstić information content (AvgIpc) is 3.04. The molecule has 6 heteroatoms. The fourth-order valence-corrected chi connectivity index (χ4v) is 3.93. The van der Waals surface area contributed by atoms with Gasteiger partial charge in [0, 0.05) is 24.3 Å². The molecule has 27 heavy (non-hydrogen) atoms. The zero-order valence-corrected chi connectivity index (χ0v) is 16.4. The minimum absolute atomic E-state index is 0.0601. The summed E-state index contributed by atoms with van der Waals surface area (Å²) in [6, 6.07) is 3.08. The zero-order chi connectivity index (χ0) is 19.4. The Labute approximate surface area is 160 Å². The number of carbonyl (C=O) groups excluding carboxylic acids is 2. The highest BCUT2D eigenvalue weighted by Gasteiger charge is 2.27. The number of methoxy groups -OCH3 is 1. The van der Waals surface area contributed by atoms with Crippen molar-refractivity contribution >= 4 is 22.9 Å². The van der Waals surface area contributed by atoms with Crippen LogP contribution in [0.1, 0.15) is 56.3 Å². The first kappa shape index (κ1) is 19.4. The molecule has 1 N–H and O–H groups in total. The lowest BCUT2D eigenvalue weighted by atomic mass is 9.89. The molecular weight excluding hydrogens is 342 g/mol. The van der Waals surface area contributed by atoms with E-state index in [0.29, 0.717) is 11.5 Å². The monoisotopic (exact) mass is 371 g/mol. The van der Waals surface area contributed by atoms with E-state index in [1.165, 1.54) is 39.2 Å². The SMILES string of the molecule is COC(=O)[C@@H](NC(=O)c1cn(CC2CCCCC2)c2ncccc12)C(C)C. The predicted molar refractivity (Wildman–Crippen MR) is 104 cm³/mol. The number of ether oxygens (including phenoxy) is 1. The topological polar surface area (TPSA) is 73.2 Å². The molecule has 1 aliphatic carbocycles. The Kier molecular flexibility index (Phi) is 6.14. The van der Waals surface area contributed by atoms with Gasteiger partial charge in [0.2, 0.25) is 0 Å². The number of rotatable bonds is 6. The van der Waals surface area contributed by atoms with E-state index in [0.717, 1.165) is 17.6 Å². The Morgan fingerprint density at radius 2 is 2.04 bits per heavy atom. The lowest BCUT2D eigenvalue weighted by Gasteiger charge is -2.22. The predicted octanol–water partition coefficient (Wildman–Crippen LogP) is 3.54. The molecule has 1 amide bonds. The van der Waals surface area contributed by atoms with Gasteiger partial charge in [0.25, 0.3) is 5.91 Å². The fraction of sp³-hybridized carbons (Fsp3) is 0.571. The van der Waals surface area contributed by atoms with Crippen molar-refractivity contribution in [1.29, 1.82) is 0 Å². The normalized spacial score (nSPS) is 16.4. The Morgan fingerprint density at radius 3 is 2.70 bits per heavy atom. The molecule has 0 radical (unpaired) electrons. The van der Waals surface area contributed by atoms with Crippen molar-refractivity contribution in [2.45, 2.75) is 58.5 Å². The van der Waals surface area contributed by atoms with Crippen LogP contribution in [-0.2, 0) is 16.1 Å². The lowest BCUT2D eigenvalue weighted by Crippen LogP contribution is -2.45. The highest BCUT2D eigenvalue weighted by Crippen LogP contribution is 2.28. The molecule has 6 nitrogen and oxygen atoms in total. The Hall–Kier alpha value is -2.37. The largest absolute Gasteiger partial charge is 0.467 e. The van der Waals surface area contributed by atoms with E-state index in [4.69, 9.17) is 4.74 Å². The van der Waals surface area contributed by atoms with E-state index >= 15 is 0 Å². The first-order valence-corrected chi connectivity index (χ1v) is 9.83. The molecule has 2 heterocycles. The van der Waals surface area contributed by atoms with Gasteiger partial charge in [-0.25, -0.2) is 9.78 Å². The number of aromatic nitrogens is 2. The van der Waals surface area contributed by atoms with Crippen molar-refractivity contribution in [2.75, 3.05) is 7.11 Å². The Bertz CT molecular complexity index is 806. The van der Waals surface area contributed by atoms with Crippen LogP contribution >= 0.6 is 0 Å². The fourth-order valence-electron chi connectivity index (χ4n) is 3.93. The van der Waals surface area contributed by atoms with E-state index in [9.17, 15) is 9.59 Å². The second-order valence-electron chi connectivity index (χ2n) is 7.79. The third-order valence-electron chi connectivity index (χ3n) is 5.47. The van der Waals surface area contributed by atoms with Crippen LogP contribution in [0.5, 0.6) is 0 Å². The van der Waals surface area contributed by atoms with Gasteiger partial charge in [-0.2, -0.15) is 0 Å². The Balaban J connectivity index is 1.87. The number of esters is 1. The molecule has 0 aromatic carbocycles. The van der Waals surface area contributed by atoms with Crippen LogP contribution < -0.4 is 5.32 Å². The van der Waals surface area contributed by atoms with Gasteiger partial charge < -0.3 is 14.6 Å². The van der Waals surface area contributed by atoms with Gasteiger partial charge in [0.1, 0.15) is 11.7 Å². The van der Waals surface area contributed by atoms with Crippen LogP contribution in [-0.4, -0.2) is 34.6 Å². The van der Waals surface area contributed by atoms with Crippen LogP contribution in [0.15, 0.2) is 24.5 Å². The van der Waals surface area contributed by atoms with E-state index < -0.39 is 12.0 Å². The third kappa shape index (κ3) is 4.31. The van der Waals surface area contributed by atoms with Gasteiger partial charge in [0.15, 0.2) is 0 Å².